The van der Waals surface area contributed by atoms with Crippen LogP contribution >= 0.6 is 0 Å². The number of carbonyl (C=O) groups excluding carboxylic acids is 1. The van der Waals surface area contributed by atoms with Crippen molar-refractivity contribution in [1.82, 2.24) is 4.98 Å². The van der Waals surface area contributed by atoms with Gasteiger partial charge in [-0.25, -0.2) is 0 Å². The van der Waals surface area contributed by atoms with Crippen molar-refractivity contribution in [1.29, 1.82) is 0 Å². The predicted octanol–water partition coefficient (Wildman–Crippen LogP) is 2.72. The van der Waals surface area contributed by atoms with E-state index in [1.165, 1.54) is 6.20 Å². The molecule has 0 aliphatic heterocycles. The van der Waals surface area contributed by atoms with E-state index in [1.54, 1.807) is 43.6 Å². The molecule has 0 spiro atoms. The lowest BCUT2D eigenvalue weighted by Crippen LogP contribution is -2.03. The topological polar surface area (TPSA) is 48.4 Å². The first kappa shape index (κ1) is 13.1. The van der Waals surface area contributed by atoms with Crippen LogP contribution in [-0.4, -0.2) is 24.5 Å². The smallest absolute Gasteiger partial charge is 0.194 e. The molecule has 0 unspecified atom stereocenters. The van der Waals surface area contributed by atoms with Crippen LogP contribution in [0.15, 0.2) is 42.7 Å². The van der Waals surface area contributed by atoms with Crippen molar-refractivity contribution >= 4 is 5.78 Å². The maximum atomic E-state index is 12.3. The van der Waals surface area contributed by atoms with Crippen molar-refractivity contribution < 1.29 is 14.3 Å². The first-order chi connectivity index (χ1) is 9.24. The van der Waals surface area contributed by atoms with E-state index in [1.807, 2.05) is 6.92 Å². The van der Waals surface area contributed by atoms with E-state index in [0.29, 0.717) is 23.5 Å². The second-order valence-electron chi connectivity index (χ2n) is 3.90. The first-order valence-corrected chi connectivity index (χ1v) is 6.01. The average molecular weight is 257 g/mol. The summed E-state index contributed by atoms with van der Waals surface area (Å²) in [7, 11) is 1.59. The van der Waals surface area contributed by atoms with Crippen LogP contribution in [-0.2, 0) is 0 Å². The predicted molar refractivity (Wildman–Crippen MR) is 71.8 cm³/mol. The van der Waals surface area contributed by atoms with Crippen LogP contribution < -0.4 is 9.47 Å². The molecule has 0 bridgehead atoms. The molecule has 0 atom stereocenters. The third-order valence-corrected chi connectivity index (χ3v) is 2.64. The molecule has 0 saturated carbocycles. The molecule has 0 N–H and O–H groups in total. The monoisotopic (exact) mass is 257 g/mol. The fourth-order valence-electron chi connectivity index (χ4n) is 1.70. The lowest BCUT2D eigenvalue weighted by molar-refractivity contribution is 0.103. The highest BCUT2D eigenvalue weighted by Crippen LogP contribution is 2.17. The summed E-state index contributed by atoms with van der Waals surface area (Å²) in [5.74, 6) is 1.23. The molecule has 4 nitrogen and oxygen atoms in total. The minimum atomic E-state index is -0.0864. The molecule has 0 fully saturated rings. The van der Waals surface area contributed by atoms with Gasteiger partial charge in [-0.05, 0) is 37.3 Å². The number of rotatable bonds is 5. The van der Waals surface area contributed by atoms with Crippen LogP contribution in [0.4, 0.5) is 0 Å². The van der Waals surface area contributed by atoms with Crippen LogP contribution in [0, 0.1) is 0 Å². The molecule has 1 aromatic heterocycles. The molecule has 19 heavy (non-hydrogen) atoms. The van der Waals surface area contributed by atoms with Gasteiger partial charge in [-0.3, -0.25) is 9.78 Å². The Balaban J connectivity index is 2.24. The van der Waals surface area contributed by atoms with Crippen LogP contribution in [0.25, 0.3) is 0 Å². The Morgan fingerprint density at radius 3 is 2.47 bits per heavy atom. The number of pyridine rings is 1. The Hall–Kier alpha value is -2.36. The van der Waals surface area contributed by atoms with Gasteiger partial charge in [0.05, 0.1) is 19.9 Å². The van der Waals surface area contributed by atoms with E-state index in [9.17, 15) is 4.79 Å². The van der Waals surface area contributed by atoms with Gasteiger partial charge in [-0.2, -0.15) is 0 Å². The van der Waals surface area contributed by atoms with Crippen molar-refractivity contribution in [3.05, 3.63) is 53.9 Å². The number of methoxy groups -OCH3 is 1. The molecule has 0 amide bonds. The Morgan fingerprint density at radius 2 is 1.84 bits per heavy atom. The summed E-state index contributed by atoms with van der Waals surface area (Å²) < 4.78 is 10.4. The Labute approximate surface area is 112 Å². The van der Waals surface area contributed by atoms with Gasteiger partial charge in [0.2, 0.25) is 0 Å². The van der Waals surface area contributed by atoms with Crippen molar-refractivity contribution in [3.63, 3.8) is 0 Å². The highest BCUT2D eigenvalue weighted by atomic mass is 16.5. The van der Waals surface area contributed by atoms with Crippen LogP contribution in [0.3, 0.4) is 0 Å². The van der Waals surface area contributed by atoms with Crippen LogP contribution in [0.5, 0.6) is 11.5 Å². The Bertz CT molecular complexity index is 564. The number of nitrogens with zero attached hydrogens (tertiary/aromatic N) is 1. The summed E-state index contributed by atoms with van der Waals surface area (Å²) in [4.78, 5) is 16.3. The van der Waals surface area contributed by atoms with Crippen molar-refractivity contribution in [3.8, 4) is 11.5 Å². The van der Waals surface area contributed by atoms with Gasteiger partial charge in [-0.1, -0.05) is 0 Å². The molecule has 0 radical (unpaired) electrons. The number of carbonyl (C=O) groups is 1. The number of benzene rings is 1. The molecule has 4 heteroatoms. The van der Waals surface area contributed by atoms with E-state index in [4.69, 9.17) is 9.47 Å². The summed E-state index contributed by atoms with van der Waals surface area (Å²) in [5.41, 5.74) is 1.10. The number of hydrogen-bond acceptors (Lipinski definition) is 4. The van der Waals surface area contributed by atoms with E-state index in [-0.39, 0.29) is 5.78 Å². The maximum Gasteiger partial charge on any atom is 0.194 e. The molecule has 98 valence electrons. The average Bonchev–Trinajstić information content (AvgIpc) is 2.47. The summed E-state index contributed by atoms with van der Waals surface area (Å²) in [5, 5.41) is 0. The Morgan fingerprint density at radius 1 is 1.11 bits per heavy atom. The largest absolute Gasteiger partial charge is 0.497 e. The second-order valence-corrected chi connectivity index (χ2v) is 3.90. The van der Waals surface area contributed by atoms with Gasteiger partial charge in [0.1, 0.15) is 11.5 Å². The molecule has 1 aromatic carbocycles. The van der Waals surface area contributed by atoms with E-state index >= 15 is 0 Å². The normalized spacial score (nSPS) is 10.0. The van der Waals surface area contributed by atoms with E-state index in [2.05, 4.69) is 4.98 Å². The van der Waals surface area contributed by atoms with Crippen LogP contribution in [0.1, 0.15) is 22.8 Å². The number of aromatic nitrogens is 1. The molecular formula is C15H15NO3. The molecule has 0 aliphatic rings. The molecular weight excluding hydrogens is 242 g/mol. The highest BCUT2D eigenvalue weighted by Gasteiger charge is 2.10. The molecule has 0 saturated heterocycles. The Kier molecular flexibility index (Phi) is 4.13. The zero-order valence-corrected chi connectivity index (χ0v) is 10.9. The fourth-order valence-corrected chi connectivity index (χ4v) is 1.70. The van der Waals surface area contributed by atoms with Crippen molar-refractivity contribution in [2.24, 2.45) is 0 Å². The second kappa shape index (κ2) is 6.00. The van der Waals surface area contributed by atoms with Gasteiger partial charge in [-0.15, -0.1) is 0 Å². The van der Waals surface area contributed by atoms with Gasteiger partial charge < -0.3 is 9.47 Å². The van der Waals surface area contributed by atoms with Gasteiger partial charge >= 0.3 is 0 Å². The number of ether oxygens (including phenoxy) is 2. The van der Waals surface area contributed by atoms with Crippen molar-refractivity contribution in [2.75, 3.05) is 13.7 Å². The number of ketones is 1. The van der Waals surface area contributed by atoms with Crippen LogP contribution in [0.2, 0.25) is 0 Å². The zero-order chi connectivity index (χ0) is 13.7. The van der Waals surface area contributed by atoms with E-state index < -0.39 is 0 Å². The minimum absolute atomic E-state index is 0.0864. The molecule has 2 rings (SSSR count). The summed E-state index contributed by atoms with van der Waals surface area (Å²) in [6.45, 7) is 2.43. The number of hydrogen-bond donors (Lipinski definition) is 0. The maximum absolute atomic E-state index is 12.3. The zero-order valence-electron chi connectivity index (χ0n) is 10.9. The fraction of sp³-hybridized carbons (Fsp3) is 0.200. The summed E-state index contributed by atoms with van der Waals surface area (Å²) in [6, 6.07) is 8.67. The van der Waals surface area contributed by atoms with Crippen molar-refractivity contribution in [2.45, 2.75) is 6.92 Å². The standard InChI is InChI=1S/C15H15NO3/c1-3-19-14-8-12(9-16-10-14)15(17)11-4-6-13(18-2)7-5-11/h4-10H,3H2,1-2H3. The SMILES string of the molecule is CCOc1cncc(C(=O)c2ccc(OC)cc2)c1. The first-order valence-electron chi connectivity index (χ1n) is 6.01. The van der Waals surface area contributed by atoms with Gasteiger partial charge in [0, 0.05) is 17.3 Å². The summed E-state index contributed by atoms with van der Waals surface area (Å²) >= 11 is 0. The third-order valence-electron chi connectivity index (χ3n) is 2.64. The molecule has 1 heterocycles. The summed E-state index contributed by atoms with van der Waals surface area (Å²) in [6.07, 6.45) is 3.13. The lowest BCUT2D eigenvalue weighted by Gasteiger charge is -2.05. The van der Waals surface area contributed by atoms with E-state index in [0.717, 1.165) is 5.75 Å². The van der Waals surface area contributed by atoms with Gasteiger partial charge in [0.25, 0.3) is 0 Å². The molecule has 0 aliphatic carbocycles. The minimum Gasteiger partial charge on any atom is -0.497 e. The lowest BCUT2D eigenvalue weighted by atomic mass is 10.0. The third kappa shape index (κ3) is 3.10. The quantitative estimate of drug-likeness (QED) is 0.773. The molecule has 2 aromatic rings. The van der Waals surface area contributed by atoms with Gasteiger partial charge in [0.15, 0.2) is 5.78 Å². The highest BCUT2D eigenvalue weighted by molar-refractivity contribution is 6.09.